The van der Waals surface area contributed by atoms with Gasteiger partial charge in [-0.25, -0.2) is 0 Å². The molecule has 0 saturated carbocycles. The number of amides is 1. The Kier molecular flexibility index (Phi) is 4.02. The Morgan fingerprint density at radius 1 is 1.23 bits per heavy atom. The number of ether oxygens (including phenoxy) is 2. The molecule has 0 radical (unpaired) electrons. The first-order valence-electron chi connectivity index (χ1n) is 7.37. The van der Waals surface area contributed by atoms with Crippen molar-refractivity contribution in [3.8, 4) is 5.75 Å². The summed E-state index contributed by atoms with van der Waals surface area (Å²) in [5.41, 5.74) is 0.920. The molecule has 2 fully saturated rings. The SMILES string of the molecule is COc1ccc(CNC(=O)[C@@H]2[C@@H](C(=O)[O-])[C@H]3CC[C@@H]2O3)cc1. The van der Waals surface area contributed by atoms with Crippen molar-refractivity contribution in [1.29, 1.82) is 0 Å². The molecule has 2 bridgehead atoms. The lowest BCUT2D eigenvalue weighted by Gasteiger charge is -2.27. The van der Waals surface area contributed by atoms with Gasteiger partial charge in [0.2, 0.25) is 5.91 Å². The number of benzene rings is 1. The number of rotatable bonds is 5. The largest absolute Gasteiger partial charge is 0.550 e. The summed E-state index contributed by atoms with van der Waals surface area (Å²) in [7, 11) is 1.59. The van der Waals surface area contributed by atoms with Gasteiger partial charge in [0, 0.05) is 18.4 Å². The molecule has 118 valence electrons. The zero-order chi connectivity index (χ0) is 15.7. The van der Waals surface area contributed by atoms with Crippen LogP contribution in [0.25, 0.3) is 0 Å². The summed E-state index contributed by atoms with van der Waals surface area (Å²) in [4.78, 5) is 23.6. The van der Waals surface area contributed by atoms with Gasteiger partial charge in [0.05, 0.1) is 25.2 Å². The van der Waals surface area contributed by atoms with Gasteiger partial charge in [0.1, 0.15) is 5.75 Å². The summed E-state index contributed by atoms with van der Waals surface area (Å²) >= 11 is 0. The number of methoxy groups -OCH3 is 1. The van der Waals surface area contributed by atoms with E-state index >= 15 is 0 Å². The number of nitrogens with one attached hydrogen (secondary N) is 1. The molecule has 3 rings (SSSR count). The van der Waals surface area contributed by atoms with E-state index in [4.69, 9.17) is 9.47 Å². The van der Waals surface area contributed by atoms with E-state index in [0.717, 1.165) is 17.7 Å². The molecule has 1 amide bonds. The Bertz CT molecular complexity index is 570. The van der Waals surface area contributed by atoms with Crippen molar-refractivity contribution in [2.24, 2.45) is 11.8 Å². The summed E-state index contributed by atoms with van der Waals surface area (Å²) in [5, 5.41) is 14.1. The lowest BCUT2D eigenvalue weighted by Crippen LogP contribution is -2.48. The molecule has 22 heavy (non-hydrogen) atoms. The molecule has 2 heterocycles. The third-order valence-corrected chi connectivity index (χ3v) is 4.47. The number of aliphatic carboxylic acids is 1. The van der Waals surface area contributed by atoms with Crippen LogP contribution in [0.3, 0.4) is 0 Å². The van der Waals surface area contributed by atoms with Crippen molar-refractivity contribution < 1.29 is 24.2 Å². The molecule has 6 heteroatoms. The van der Waals surface area contributed by atoms with Gasteiger partial charge in [0.15, 0.2) is 0 Å². The number of fused-ring (bicyclic) bond motifs is 2. The van der Waals surface area contributed by atoms with Crippen molar-refractivity contribution in [3.05, 3.63) is 29.8 Å². The molecule has 4 atom stereocenters. The highest BCUT2D eigenvalue weighted by Crippen LogP contribution is 2.43. The fourth-order valence-electron chi connectivity index (χ4n) is 3.36. The molecule has 2 saturated heterocycles. The minimum Gasteiger partial charge on any atom is -0.550 e. The van der Waals surface area contributed by atoms with Crippen LogP contribution in [0.15, 0.2) is 24.3 Å². The summed E-state index contributed by atoms with van der Waals surface area (Å²) in [6.45, 7) is 0.344. The third-order valence-electron chi connectivity index (χ3n) is 4.47. The monoisotopic (exact) mass is 304 g/mol. The van der Waals surface area contributed by atoms with Gasteiger partial charge in [0.25, 0.3) is 0 Å². The molecule has 2 aliphatic heterocycles. The second-order valence-corrected chi connectivity index (χ2v) is 5.73. The second kappa shape index (κ2) is 5.96. The highest BCUT2D eigenvalue weighted by molar-refractivity contribution is 5.86. The van der Waals surface area contributed by atoms with Crippen molar-refractivity contribution in [2.75, 3.05) is 7.11 Å². The molecule has 6 nitrogen and oxygen atoms in total. The zero-order valence-electron chi connectivity index (χ0n) is 12.3. The Morgan fingerprint density at radius 2 is 1.86 bits per heavy atom. The molecule has 0 spiro atoms. The quantitative estimate of drug-likeness (QED) is 0.818. The van der Waals surface area contributed by atoms with Crippen LogP contribution >= 0.6 is 0 Å². The number of hydrogen-bond acceptors (Lipinski definition) is 5. The average molecular weight is 304 g/mol. The van der Waals surface area contributed by atoms with Gasteiger partial charge in [-0.2, -0.15) is 0 Å². The van der Waals surface area contributed by atoms with Crippen molar-refractivity contribution in [1.82, 2.24) is 5.32 Å². The topological polar surface area (TPSA) is 87.7 Å². The summed E-state index contributed by atoms with van der Waals surface area (Å²) in [6.07, 6.45) is 0.733. The van der Waals surface area contributed by atoms with E-state index in [1.54, 1.807) is 7.11 Å². The Labute approximate surface area is 128 Å². The molecule has 0 unspecified atom stereocenters. The van der Waals surface area contributed by atoms with Gasteiger partial charge in [-0.15, -0.1) is 0 Å². The number of carboxylic acids is 1. The standard InChI is InChI=1S/C16H19NO5/c1-21-10-4-2-9(3-5-10)8-17-15(18)13-11-6-7-12(22-11)14(13)16(19)20/h2-5,11-14H,6-8H2,1H3,(H,17,18)(H,19,20)/p-1/t11-,12+,13-,14-/m0/s1. The first kappa shape index (κ1) is 14.8. The first-order valence-corrected chi connectivity index (χ1v) is 7.37. The summed E-state index contributed by atoms with van der Waals surface area (Å²) in [5.74, 6) is -2.22. The van der Waals surface area contributed by atoms with E-state index in [2.05, 4.69) is 5.32 Å². The smallest absolute Gasteiger partial charge is 0.226 e. The van der Waals surface area contributed by atoms with Crippen LogP contribution in [0.4, 0.5) is 0 Å². The van der Waals surface area contributed by atoms with Crippen molar-refractivity contribution in [2.45, 2.75) is 31.6 Å². The maximum atomic E-state index is 12.3. The van der Waals surface area contributed by atoms with E-state index in [9.17, 15) is 14.7 Å². The van der Waals surface area contributed by atoms with Gasteiger partial charge in [-0.3, -0.25) is 4.79 Å². The van der Waals surface area contributed by atoms with E-state index in [1.165, 1.54) is 0 Å². The van der Waals surface area contributed by atoms with E-state index in [1.807, 2.05) is 24.3 Å². The van der Waals surface area contributed by atoms with Crippen LogP contribution < -0.4 is 15.2 Å². The summed E-state index contributed by atoms with van der Waals surface area (Å²) in [6, 6.07) is 7.33. The molecular formula is C16H18NO5-. The maximum absolute atomic E-state index is 12.3. The van der Waals surface area contributed by atoms with Crippen LogP contribution in [0.5, 0.6) is 5.75 Å². The van der Waals surface area contributed by atoms with Gasteiger partial charge < -0.3 is 24.7 Å². The van der Waals surface area contributed by atoms with Crippen LogP contribution in [-0.2, 0) is 20.9 Å². The Morgan fingerprint density at radius 3 is 2.45 bits per heavy atom. The maximum Gasteiger partial charge on any atom is 0.226 e. The summed E-state index contributed by atoms with van der Waals surface area (Å²) < 4.78 is 10.6. The van der Waals surface area contributed by atoms with Crippen molar-refractivity contribution in [3.63, 3.8) is 0 Å². The molecular weight excluding hydrogens is 286 g/mol. The fraction of sp³-hybridized carbons (Fsp3) is 0.500. The number of carbonyl (C=O) groups excluding carboxylic acids is 2. The minimum atomic E-state index is -1.20. The fourth-order valence-corrected chi connectivity index (χ4v) is 3.36. The van der Waals surface area contributed by atoms with Gasteiger partial charge in [-0.05, 0) is 30.5 Å². The predicted octanol–water partition coefficient (Wildman–Crippen LogP) is -0.145. The van der Waals surface area contributed by atoms with Gasteiger partial charge >= 0.3 is 0 Å². The second-order valence-electron chi connectivity index (χ2n) is 5.73. The van der Waals surface area contributed by atoms with Crippen LogP contribution in [0, 0.1) is 11.8 Å². The van der Waals surface area contributed by atoms with Crippen molar-refractivity contribution >= 4 is 11.9 Å². The third kappa shape index (κ3) is 2.66. The minimum absolute atomic E-state index is 0.280. The zero-order valence-corrected chi connectivity index (χ0v) is 12.3. The number of carbonyl (C=O) groups is 2. The van der Waals surface area contributed by atoms with Crippen LogP contribution in [-0.4, -0.2) is 31.2 Å². The highest BCUT2D eigenvalue weighted by atomic mass is 16.5. The Balaban J connectivity index is 1.62. The van der Waals surface area contributed by atoms with E-state index in [0.29, 0.717) is 13.0 Å². The molecule has 1 aromatic carbocycles. The molecule has 1 N–H and O–H groups in total. The van der Waals surface area contributed by atoms with E-state index < -0.39 is 17.8 Å². The first-order chi connectivity index (χ1) is 10.6. The molecule has 1 aromatic rings. The lowest BCUT2D eigenvalue weighted by molar-refractivity contribution is -0.314. The molecule has 0 aliphatic carbocycles. The van der Waals surface area contributed by atoms with E-state index in [-0.39, 0.29) is 18.1 Å². The lowest BCUT2D eigenvalue weighted by atomic mass is 9.78. The van der Waals surface area contributed by atoms with Gasteiger partial charge in [-0.1, -0.05) is 12.1 Å². The normalized spacial score (nSPS) is 29.3. The van der Waals surface area contributed by atoms with Crippen LogP contribution in [0.2, 0.25) is 0 Å². The Hall–Kier alpha value is -2.08. The number of carboxylic acid groups (broad SMARTS) is 1. The number of hydrogen-bond donors (Lipinski definition) is 1. The average Bonchev–Trinajstić information content (AvgIpc) is 3.14. The molecule has 0 aromatic heterocycles. The van der Waals surface area contributed by atoms with Crippen LogP contribution in [0.1, 0.15) is 18.4 Å². The molecule has 2 aliphatic rings. The predicted molar refractivity (Wildman–Crippen MR) is 74.7 cm³/mol. The highest BCUT2D eigenvalue weighted by Gasteiger charge is 2.52.